The predicted octanol–water partition coefficient (Wildman–Crippen LogP) is 5.06. The van der Waals surface area contributed by atoms with Crippen LogP contribution in [0, 0.1) is 6.92 Å². The van der Waals surface area contributed by atoms with Gasteiger partial charge < -0.3 is 10.2 Å². The maximum absolute atomic E-state index is 6.32. The first kappa shape index (κ1) is 22.1. The molecule has 1 saturated heterocycles. The molecule has 4 rings (SSSR count). The Bertz CT molecular complexity index is 1020. The molecule has 0 unspecified atom stereocenters. The monoisotopic (exact) mass is 473 g/mol. The molecule has 0 bridgehead atoms. The quantitative estimate of drug-likeness (QED) is 0.523. The van der Waals surface area contributed by atoms with Crippen molar-refractivity contribution in [1.29, 1.82) is 0 Å². The molecule has 0 spiro atoms. The lowest BCUT2D eigenvalue weighted by Gasteiger charge is -2.36. The number of anilines is 1. The Labute approximate surface area is 198 Å². The zero-order valence-corrected chi connectivity index (χ0v) is 19.7. The maximum Gasteiger partial charge on any atom is 0.173 e. The van der Waals surface area contributed by atoms with E-state index in [1.807, 2.05) is 35.3 Å². The van der Waals surface area contributed by atoms with E-state index in [1.54, 1.807) is 0 Å². The molecular weight excluding hydrogens is 449 g/mol. The fraction of sp³-hybridized carbons (Fsp3) is 0.304. The molecule has 0 radical (unpaired) electrons. The zero-order valence-electron chi connectivity index (χ0n) is 17.4. The van der Waals surface area contributed by atoms with Gasteiger partial charge in [0.15, 0.2) is 5.11 Å². The van der Waals surface area contributed by atoms with E-state index < -0.39 is 0 Å². The third-order valence-electron chi connectivity index (χ3n) is 5.45. The highest BCUT2D eigenvalue weighted by molar-refractivity contribution is 7.80. The molecule has 8 heteroatoms. The highest BCUT2D eigenvalue weighted by Crippen LogP contribution is 2.26. The van der Waals surface area contributed by atoms with Crippen molar-refractivity contribution in [3.8, 4) is 0 Å². The summed E-state index contributed by atoms with van der Waals surface area (Å²) in [6.07, 6.45) is 3.80. The lowest BCUT2D eigenvalue weighted by atomic mass is 10.1. The second-order valence-electron chi connectivity index (χ2n) is 7.81. The predicted molar refractivity (Wildman–Crippen MR) is 132 cm³/mol. The number of hydrogen-bond donors (Lipinski definition) is 1. The number of hydrogen-bond acceptors (Lipinski definition) is 3. The van der Waals surface area contributed by atoms with E-state index in [-0.39, 0.29) is 0 Å². The molecule has 1 aliphatic rings. The lowest BCUT2D eigenvalue weighted by molar-refractivity contribution is 0.177. The Hall–Kier alpha value is -2.12. The molecule has 1 aromatic heterocycles. The van der Waals surface area contributed by atoms with Crippen molar-refractivity contribution >= 4 is 46.2 Å². The van der Waals surface area contributed by atoms with Gasteiger partial charge in [-0.3, -0.25) is 9.58 Å². The Morgan fingerprint density at radius 1 is 1.00 bits per heavy atom. The second-order valence-corrected chi connectivity index (χ2v) is 9.01. The van der Waals surface area contributed by atoms with Crippen LogP contribution in [0.3, 0.4) is 0 Å². The summed E-state index contributed by atoms with van der Waals surface area (Å²) >= 11 is 18.3. The van der Waals surface area contributed by atoms with Crippen molar-refractivity contribution in [2.75, 3.05) is 31.5 Å². The first-order valence-electron chi connectivity index (χ1n) is 10.3. The number of piperazine rings is 1. The van der Waals surface area contributed by atoms with E-state index in [4.69, 9.17) is 35.4 Å². The molecular formula is C23H25Cl2N5S. The van der Waals surface area contributed by atoms with Gasteiger partial charge in [0.25, 0.3) is 0 Å². The van der Waals surface area contributed by atoms with E-state index in [1.165, 1.54) is 11.1 Å². The number of benzene rings is 2. The van der Waals surface area contributed by atoms with Crippen LogP contribution in [0.25, 0.3) is 0 Å². The minimum absolute atomic E-state index is 0.717. The fourth-order valence-corrected chi connectivity index (χ4v) is 4.43. The minimum Gasteiger partial charge on any atom is -0.346 e. The molecule has 31 heavy (non-hydrogen) atoms. The van der Waals surface area contributed by atoms with E-state index in [9.17, 15) is 0 Å². The smallest absolute Gasteiger partial charge is 0.173 e. The average molecular weight is 474 g/mol. The molecule has 3 aromatic rings. The second kappa shape index (κ2) is 10.0. The van der Waals surface area contributed by atoms with Crippen LogP contribution in [-0.2, 0) is 13.1 Å². The van der Waals surface area contributed by atoms with Crippen LogP contribution in [0.1, 0.15) is 16.7 Å². The molecule has 0 atom stereocenters. The van der Waals surface area contributed by atoms with Crippen LogP contribution < -0.4 is 5.32 Å². The normalized spacial score (nSPS) is 14.6. The average Bonchev–Trinajstić information content (AvgIpc) is 3.19. The van der Waals surface area contributed by atoms with Crippen molar-refractivity contribution in [3.63, 3.8) is 0 Å². The number of aromatic nitrogens is 2. The molecule has 1 N–H and O–H groups in total. The van der Waals surface area contributed by atoms with Gasteiger partial charge in [-0.2, -0.15) is 5.10 Å². The summed E-state index contributed by atoms with van der Waals surface area (Å²) in [6, 6.07) is 14.1. The molecule has 1 fully saturated rings. The zero-order chi connectivity index (χ0) is 21.8. The van der Waals surface area contributed by atoms with Crippen LogP contribution in [0.15, 0.2) is 54.9 Å². The Kier molecular flexibility index (Phi) is 7.13. The third kappa shape index (κ3) is 5.77. The van der Waals surface area contributed by atoms with Gasteiger partial charge in [-0.05, 0) is 36.8 Å². The van der Waals surface area contributed by atoms with Crippen molar-refractivity contribution < 1.29 is 0 Å². The largest absolute Gasteiger partial charge is 0.346 e. The number of nitrogens with zero attached hydrogens (tertiary/aromatic N) is 4. The first-order valence-corrected chi connectivity index (χ1v) is 11.4. The number of nitrogens with one attached hydrogen (secondary N) is 1. The molecule has 5 nitrogen and oxygen atoms in total. The van der Waals surface area contributed by atoms with Gasteiger partial charge in [0.2, 0.25) is 0 Å². The minimum atomic E-state index is 0.717. The molecule has 0 amide bonds. The van der Waals surface area contributed by atoms with Crippen LogP contribution in [-0.4, -0.2) is 50.9 Å². The standard InChI is InChI=1S/C23H25Cl2N5S/c1-17-5-7-18(8-6-17)14-30-15-19(13-26-30)27-23(31)29-11-9-28(10-12-29)16-20-21(24)3-2-4-22(20)25/h2-8,13,15H,9-12,14,16H2,1H3,(H,27,31). The van der Waals surface area contributed by atoms with Crippen LogP contribution >= 0.6 is 35.4 Å². The summed E-state index contributed by atoms with van der Waals surface area (Å²) in [4.78, 5) is 4.54. The van der Waals surface area contributed by atoms with Gasteiger partial charge in [-0.25, -0.2) is 0 Å². The number of rotatable bonds is 5. The number of halogens is 2. The van der Waals surface area contributed by atoms with E-state index in [0.717, 1.165) is 65.7 Å². The Morgan fingerprint density at radius 3 is 2.35 bits per heavy atom. The van der Waals surface area contributed by atoms with E-state index in [0.29, 0.717) is 0 Å². The summed E-state index contributed by atoms with van der Waals surface area (Å²) in [6.45, 7) is 7.08. The topological polar surface area (TPSA) is 36.3 Å². The summed E-state index contributed by atoms with van der Waals surface area (Å²) in [7, 11) is 0. The Balaban J connectivity index is 1.27. The summed E-state index contributed by atoms with van der Waals surface area (Å²) in [5.41, 5.74) is 4.37. The molecule has 0 saturated carbocycles. The summed E-state index contributed by atoms with van der Waals surface area (Å²) in [5, 5.41) is 9.94. The first-order chi connectivity index (χ1) is 15.0. The van der Waals surface area contributed by atoms with Crippen LogP contribution in [0.5, 0.6) is 0 Å². The molecule has 2 heterocycles. The van der Waals surface area contributed by atoms with Crippen molar-refractivity contribution in [3.05, 3.63) is 81.6 Å². The van der Waals surface area contributed by atoms with Gasteiger partial charge in [-0.15, -0.1) is 0 Å². The van der Waals surface area contributed by atoms with Gasteiger partial charge >= 0.3 is 0 Å². The van der Waals surface area contributed by atoms with Gasteiger partial charge in [0.05, 0.1) is 18.4 Å². The van der Waals surface area contributed by atoms with Crippen molar-refractivity contribution in [2.45, 2.75) is 20.0 Å². The van der Waals surface area contributed by atoms with Gasteiger partial charge in [0.1, 0.15) is 0 Å². The van der Waals surface area contributed by atoms with Crippen molar-refractivity contribution in [1.82, 2.24) is 19.6 Å². The van der Waals surface area contributed by atoms with Crippen molar-refractivity contribution in [2.24, 2.45) is 0 Å². The van der Waals surface area contributed by atoms with E-state index in [2.05, 4.69) is 51.4 Å². The highest BCUT2D eigenvalue weighted by Gasteiger charge is 2.20. The molecule has 162 valence electrons. The van der Waals surface area contributed by atoms with E-state index >= 15 is 0 Å². The fourth-order valence-electron chi connectivity index (χ4n) is 3.61. The summed E-state index contributed by atoms with van der Waals surface area (Å²) < 4.78 is 1.92. The number of thiocarbonyl (C=S) groups is 1. The third-order valence-corrected chi connectivity index (χ3v) is 6.52. The SMILES string of the molecule is Cc1ccc(Cn2cc(NC(=S)N3CCN(Cc4c(Cl)cccc4Cl)CC3)cn2)cc1. The molecule has 1 aliphatic heterocycles. The van der Waals surface area contributed by atoms with Crippen LogP contribution in [0.2, 0.25) is 10.0 Å². The van der Waals surface area contributed by atoms with Gasteiger partial charge in [0, 0.05) is 54.5 Å². The highest BCUT2D eigenvalue weighted by atomic mass is 35.5. The van der Waals surface area contributed by atoms with Crippen LogP contribution in [0.4, 0.5) is 5.69 Å². The Morgan fingerprint density at radius 2 is 1.68 bits per heavy atom. The maximum atomic E-state index is 6.32. The lowest BCUT2D eigenvalue weighted by Crippen LogP contribution is -2.49. The molecule has 0 aliphatic carbocycles. The number of aryl methyl sites for hydroxylation is 1. The molecule has 2 aromatic carbocycles. The summed E-state index contributed by atoms with van der Waals surface area (Å²) in [5.74, 6) is 0. The van der Waals surface area contributed by atoms with Gasteiger partial charge in [-0.1, -0.05) is 59.1 Å².